The van der Waals surface area contributed by atoms with Crippen LogP contribution in [0.15, 0.2) is 11.0 Å². The van der Waals surface area contributed by atoms with Crippen LogP contribution in [0.1, 0.15) is 17.3 Å². The first-order chi connectivity index (χ1) is 4.61. The summed E-state index contributed by atoms with van der Waals surface area (Å²) >= 11 is 0. The van der Waals surface area contributed by atoms with E-state index in [9.17, 15) is 9.59 Å². The van der Waals surface area contributed by atoms with Crippen LogP contribution in [0, 0.1) is 0 Å². The molecule has 4 nitrogen and oxygen atoms in total. The highest BCUT2D eigenvalue weighted by molar-refractivity contribution is 5.93. The highest BCUT2D eigenvalue weighted by atomic mass is 16.1. The second-order valence-corrected chi connectivity index (χ2v) is 2.15. The van der Waals surface area contributed by atoms with Gasteiger partial charge in [0.15, 0.2) is 5.78 Å². The Labute approximate surface area is 57.5 Å². The van der Waals surface area contributed by atoms with Gasteiger partial charge in [0.2, 0.25) is 0 Å². The summed E-state index contributed by atoms with van der Waals surface area (Å²) in [6.07, 6.45) is 1.48. The minimum atomic E-state index is -0.324. The molecule has 0 spiro atoms. The summed E-state index contributed by atoms with van der Waals surface area (Å²) in [7, 11) is 1.66. The SMILES string of the molecule is CC(=O)c1cn(C)[nH]c1=O. The maximum absolute atomic E-state index is 10.8. The molecule has 0 bridgehead atoms. The van der Waals surface area contributed by atoms with Crippen LogP contribution < -0.4 is 5.56 Å². The van der Waals surface area contributed by atoms with Gasteiger partial charge in [-0.1, -0.05) is 0 Å². The summed E-state index contributed by atoms with van der Waals surface area (Å²) < 4.78 is 1.46. The lowest BCUT2D eigenvalue weighted by Crippen LogP contribution is -2.09. The van der Waals surface area contributed by atoms with E-state index in [1.807, 2.05) is 0 Å². The average molecular weight is 140 g/mol. The van der Waals surface area contributed by atoms with Crippen molar-refractivity contribution in [3.05, 3.63) is 22.1 Å². The Hall–Kier alpha value is -1.32. The van der Waals surface area contributed by atoms with Crippen LogP contribution in [0.5, 0.6) is 0 Å². The molecule has 0 aliphatic rings. The van der Waals surface area contributed by atoms with Gasteiger partial charge in [-0.3, -0.25) is 19.4 Å². The fourth-order valence-electron chi connectivity index (χ4n) is 0.756. The lowest BCUT2D eigenvalue weighted by molar-refractivity contribution is 0.101. The van der Waals surface area contributed by atoms with Crippen molar-refractivity contribution in [2.24, 2.45) is 7.05 Å². The molecule has 1 rings (SSSR count). The van der Waals surface area contributed by atoms with Crippen LogP contribution >= 0.6 is 0 Å². The van der Waals surface area contributed by atoms with Gasteiger partial charge in [0, 0.05) is 13.2 Å². The second-order valence-electron chi connectivity index (χ2n) is 2.15. The minimum absolute atomic E-state index is 0.207. The summed E-state index contributed by atoms with van der Waals surface area (Å²) in [5.41, 5.74) is -0.113. The first-order valence-electron chi connectivity index (χ1n) is 2.88. The highest BCUT2D eigenvalue weighted by Crippen LogP contribution is 1.88. The molecule has 0 amide bonds. The van der Waals surface area contributed by atoms with Crippen molar-refractivity contribution in [3.8, 4) is 0 Å². The number of nitrogens with zero attached hydrogens (tertiary/aromatic N) is 1. The molecule has 1 aromatic rings. The van der Waals surface area contributed by atoms with Crippen LogP contribution in [-0.4, -0.2) is 15.6 Å². The zero-order valence-corrected chi connectivity index (χ0v) is 5.84. The van der Waals surface area contributed by atoms with Crippen molar-refractivity contribution < 1.29 is 4.79 Å². The van der Waals surface area contributed by atoms with Gasteiger partial charge in [0.25, 0.3) is 5.56 Å². The van der Waals surface area contributed by atoms with Gasteiger partial charge in [-0.05, 0) is 6.92 Å². The first kappa shape index (κ1) is 6.80. The van der Waals surface area contributed by atoms with E-state index in [2.05, 4.69) is 5.10 Å². The largest absolute Gasteiger partial charge is 0.295 e. The molecule has 0 unspecified atom stereocenters. The number of aryl methyl sites for hydroxylation is 1. The van der Waals surface area contributed by atoms with Gasteiger partial charge in [0.05, 0.1) is 0 Å². The Morgan fingerprint density at radius 1 is 1.70 bits per heavy atom. The molecule has 1 aromatic heterocycles. The number of rotatable bonds is 1. The number of aromatic amines is 1. The zero-order valence-electron chi connectivity index (χ0n) is 5.84. The van der Waals surface area contributed by atoms with Gasteiger partial charge >= 0.3 is 0 Å². The van der Waals surface area contributed by atoms with Gasteiger partial charge in [-0.15, -0.1) is 0 Å². The van der Waals surface area contributed by atoms with Gasteiger partial charge in [0.1, 0.15) is 5.56 Å². The number of nitrogens with one attached hydrogen (secondary N) is 1. The van der Waals surface area contributed by atoms with Crippen molar-refractivity contribution in [1.29, 1.82) is 0 Å². The van der Waals surface area contributed by atoms with E-state index in [1.165, 1.54) is 17.8 Å². The summed E-state index contributed by atoms with van der Waals surface area (Å²) in [5.74, 6) is -0.207. The maximum atomic E-state index is 10.8. The molecule has 0 fully saturated rings. The smallest absolute Gasteiger partial charge is 0.274 e. The molecule has 0 aromatic carbocycles. The average Bonchev–Trinajstić information content (AvgIpc) is 2.10. The van der Waals surface area contributed by atoms with E-state index < -0.39 is 0 Å². The van der Waals surface area contributed by atoms with Crippen molar-refractivity contribution >= 4 is 5.78 Å². The Bertz CT molecular complexity index is 308. The molecule has 0 saturated heterocycles. The summed E-state index contributed by atoms with van der Waals surface area (Å²) in [4.78, 5) is 21.4. The molecule has 54 valence electrons. The molecule has 1 heterocycles. The quantitative estimate of drug-likeness (QED) is 0.554. The van der Waals surface area contributed by atoms with Crippen LogP contribution in [0.2, 0.25) is 0 Å². The predicted octanol–water partition coefficient (Wildman–Crippen LogP) is -0.0840. The van der Waals surface area contributed by atoms with Crippen molar-refractivity contribution in [2.45, 2.75) is 6.92 Å². The fourth-order valence-corrected chi connectivity index (χ4v) is 0.756. The molecule has 0 aliphatic carbocycles. The van der Waals surface area contributed by atoms with Crippen LogP contribution in [0.4, 0.5) is 0 Å². The second kappa shape index (κ2) is 2.13. The van der Waals surface area contributed by atoms with E-state index in [0.717, 1.165) is 0 Å². The highest BCUT2D eigenvalue weighted by Gasteiger charge is 2.05. The lowest BCUT2D eigenvalue weighted by Gasteiger charge is -1.82. The number of H-pyrrole nitrogens is 1. The zero-order chi connectivity index (χ0) is 7.72. The summed E-state index contributed by atoms with van der Waals surface area (Å²) in [6, 6.07) is 0. The van der Waals surface area contributed by atoms with E-state index in [1.54, 1.807) is 7.05 Å². The Morgan fingerprint density at radius 3 is 2.50 bits per heavy atom. The minimum Gasteiger partial charge on any atom is -0.295 e. The molecule has 1 N–H and O–H groups in total. The number of carbonyl (C=O) groups excluding carboxylic acids is 1. The monoisotopic (exact) mass is 140 g/mol. The molecule has 0 atom stereocenters. The Kier molecular flexibility index (Phi) is 1.45. The Morgan fingerprint density at radius 2 is 2.30 bits per heavy atom. The molecule has 4 heteroatoms. The van der Waals surface area contributed by atoms with Crippen molar-refractivity contribution in [3.63, 3.8) is 0 Å². The standard InChI is InChI=1S/C6H8N2O2/c1-4(9)5-3-8(2)7-6(5)10/h3H,1-2H3,(H,7,10). The van der Waals surface area contributed by atoms with E-state index in [0.29, 0.717) is 0 Å². The fraction of sp³-hybridized carbons (Fsp3) is 0.333. The number of hydrogen-bond donors (Lipinski definition) is 1. The number of aromatic nitrogens is 2. The lowest BCUT2D eigenvalue weighted by atomic mass is 10.3. The maximum Gasteiger partial charge on any atom is 0.274 e. The molecule has 10 heavy (non-hydrogen) atoms. The molecular formula is C6H8N2O2. The molecule has 0 saturated carbocycles. The summed E-state index contributed by atoms with van der Waals surface area (Å²) in [6.45, 7) is 1.37. The van der Waals surface area contributed by atoms with Crippen LogP contribution in [0.3, 0.4) is 0 Å². The van der Waals surface area contributed by atoms with Gasteiger partial charge < -0.3 is 0 Å². The number of ketones is 1. The first-order valence-corrected chi connectivity index (χ1v) is 2.88. The summed E-state index contributed by atoms with van der Waals surface area (Å²) in [5, 5.41) is 2.43. The molecule has 0 aliphatic heterocycles. The van der Waals surface area contributed by atoms with E-state index in [-0.39, 0.29) is 16.9 Å². The van der Waals surface area contributed by atoms with Gasteiger partial charge in [-0.2, -0.15) is 0 Å². The van der Waals surface area contributed by atoms with E-state index >= 15 is 0 Å². The van der Waals surface area contributed by atoms with Crippen LogP contribution in [0.25, 0.3) is 0 Å². The third kappa shape index (κ3) is 1.00. The van der Waals surface area contributed by atoms with Crippen molar-refractivity contribution in [1.82, 2.24) is 9.78 Å². The molecule has 0 radical (unpaired) electrons. The predicted molar refractivity (Wildman–Crippen MR) is 36.0 cm³/mol. The number of Topliss-reactive ketones (excluding diaryl/α,β-unsaturated/α-hetero) is 1. The Balaban J connectivity index is 3.29. The third-order valence-corrected chi connectivity index (χ3v) is 1.22. The molecular weight excluding hydrogens is 132 g/mol. The van der Waals surface area contributed by atoms with E-state index in [4.69, 9.17) is 0 Å². The topological polar surface area (TPSA) is 54.9 Å². The number of hydrogen-bond acceptors (Lipinski definition) is 2. The number of carbonyl (C=O) groups is 1. The van der Waals surface area contributed by atoms with Crippen LogP contribution in [-0.2, 0) is 7.05 Å². The van der Waals surface area contributed by atoms with Crippen molar-refractivity contribution in [2.75, 3.05) is 0 Å². The third-order valence-electron chi connectivity index (χ3n) is 1.22. The normalized spacial score (nSPS) is 9.80. The van der Waals surface area contributed by atoms with Gasteiger partial charge in [-0.25, -0.2) is 0 Å².